The molecule has 100 valence electrons. The van der Waals surface area contributed by atoms with Crippen molar-refractivity contribution in [3.05, 3.63) is 47.0 Å². The standard InChI is InChI=1S/C16H23BN2/c1-11(2)16(18)19-9-14(10-19)7-15-5-4-13(8-17)6-12(15)3/h4-6,14,16H,1,7-10,18H2,2-3H3. The molecule has 0 aliphatic carbocycles. The minimum absolute atomic E-state index is 0.0250. The Labute approximate surface area is 118 Å². The maximum Gasteiger partial charge on any atom is 0.0789 e. The first-order chi connectivity index (χ1) is 9.01. The van der Waals surface area contributed by atoms with Gasteiger partial charge in [-0.1, -0.05) is 36.7 Å². The molecule has 2 radical (unpaired) electrons. The van der Waals surface area contributed by atoms with E-state index < -0.39 is 0 Å². The SMILES string of the molecule is [B]Cc1ccc(CC2CN(C(N)C(=C)C)C2)c(C)c1. The lowest BCUT2D eigenvalue weighted by Gasteiger charge is -2.43. The van der Waals surface area contributed by atoms with Gasteiger partial charge in [-0.2, -0.15) is 0 Å². The molecule has 1 aliphatic heterocycles. The second-order valence-corrected chi connectivity index (χ2v) is 5.78. The van der Waals surface area contributed by atoms with Crippen molar-refractivity contribution >= 4 is 7.85 Å². The Morgan fingerprint density at radius 3 is 2.74 bits per heavy atom. The van der Waals surface area contributed by atoms with Crippen LogP contribution >= 0.6 is 0 Å². The smallest absolute Gasteiger partial charge is 0.0789 e. The third-order valence-electron chi connectivity index (χ3n) is 4.04. The molecule has 2 N–H and O–H groups in total. The second kappa shape index (κ2) is 5.93. The highest BCUT2D eigenvalue weighted by molar-refractivity contribution is 6.08. The Balaban J connectivity index is 1.89. The first-order valence-electron chi connectivity index (χ1n) is 6.94. The fourth-order valence-corrected chi connectivity index (χ4v) is 2.70. The van der Waals surface area contributed by atoms with Gasteiger partial charge < -0.3 is 5.73 Å². The fourth-order valence-electron chi connectivity index (χ4n) is 2.70. The first kappa shape index (κ1) is 14.4. The molecule has 2 nitrogen and oxygen atoms in total. The lowest BCUT2D eigenvalue weighted by atomic mass is 9.87. The number of hydrogen-bond acceptors (Lipinski definition) is 2. The van der Waals surface area contributed by atoms with E-state index in [1.165, 1.54) is 16.7 Å². The summed E-state index contributed by atoms with van der Waals surface area (Å²) in [6.45, 7) is 10.2. The van der Waals surface area contributed by atoms with E-state index in [-0.39, 0.29) is 6.17 Å². The van der Waals surface area contributed by atoms with Gasteiger partial charge in [-0.3, -0.25) is 4.90 Å². The molecule has 0 aromatic heterocycles. The molecule has 0 bridgehead atoms. The number of aryl methyl sites for hydroxylation is 1. The van der Waals surface area contributed by atoms with Gasteiger partial charge in [-0.25, -0.2) is 0 Å². The number of benzene rings is 1. The van der Waals surface area contributed by atoms with Gasteiger partial charge in [0.05, 0.1) is 14.0 Å². The fraction of sp³-hybridized carbons (Fsp3) is 0.500. The number of nitrogens with zero attached hydrogens (tertiary/aromatic N) is 1. The lowest BCUT2D eigenvalue weighted by Crippen LogP contribution is -2.56. The van der Waals surface area contributed by atoms with Crippen LogP contribution in [0.2, 0.25) is 0 Å². The molecule has 0 saturated carbocycles. The molecule has 19 heavy (non-hydrogen) atoms. The minimum atomic E-state index is 0.0250. The van der Waals surface area contributed by atoms with Gasteiger partial charge in [0, 0.05) is 13.1 Å². The molecule has 2 rings (SSSR count). The third-order valence-corrected chi connectivity index (χ3v) is 4.04. The molecule has 1 unspecified atom stereocenters. The van der Waals surface area contributed by atoms with Gasteiger partial charge in [0.25, 0.3) is 0 Å². The number of hydrogen-bond donors (Lipinski definition) is 1. The van der Waals surface area contributed by atoms with E-state index in [0.717, 1.165) is 25.1 Å². The summed E-state index contributed by atoms with van der Waals surface area (Å²) in [4.78, 5) is 2.29. The van der Waals surface area contributed by atoms with Crippen LogP contribution in [-0.4, -0.2) is 32.0 Å². The topological polar surface area (TPSA) is 29.3 Å². The summed E-state index contributed by atoms with van der Waals surface area (Å²) in [5.74, 6) is 0.716. The van der Waals surface area contributed by atoms with E-state index in [1.54, 1.807) is 0 Å². The normalized spacial score (nSPS) is 18.1. The molecule has 1 atom stereocenters. The highest BCUT2D eigenvalue weighted by atomic mass is 15.3. The maximum absolute atomic E-state index is 6.06. The highest BCUT2D eigenvalue weighted by Crippen LogP contribution is 2.24. The van der Waals surface area contributed by atoms with Crippen molar-refractivity contribution in [1.29, 1.82) is 0 Å². The quantitative estimate of drug-likeness (QED) is 0.643. The third kappa shape index (κ3) is 3.28. The van der Waals surface area contributed by atoms with Crippen LogP contribution in [0, 0.1) is 12.8 Å². The summed E-state index contributed by atoms with van der Waals surface area (Å²) >= 11 is 0. The predicted molar refractivity (Wildman–Crippen MR) is 82.2 cm³/mol. The van der Waals surface area contributed by atoms with Gasteiger partial charge in [0.1, 0.15) is 0 Å². The van der Waals surface area contributed by atoms with E-state index in [2.05, 4.69) is 36.6 Å². The zero-order valence-electron chi connectivity index (χ0n) is 12.0. The summed E-state index contributed by atoms with van der Waals surface area (Å²) in [5, 5.41) is 0. The minimum Gasteiger partial charge on any atom is -0.312 e. The van der Waals surface area contributed by atoms with Crippen molar-refractivity contribution < 1.29 is 0 Å². The van der Waals surface area contributed by atoms with Crippen LogP contribution in [0.15, 0.2) is 30.4 Å². The van der Waals surface area contributed by atoms with Gasteiger partial charge in [-0.15, -0.1) is 0 Å². The molecule has 0 amide bonds. The van der Waals surface area contributed by atoms with Crippen LogP contribution in [0.5, 0.6) is 0 Å². The number of likely N-dealkylation sites (tertiary alicyclic amines) is 1. The zero-order valence-corrected chi connectivity index (χ0v) is 12.0. The summed E-state index contributed by atoms with van der Waals surface area (Å²) in [6.07, 6.45) is 1.78. The van der Waals surface area contributed by atoms with E-state index in [0.29, 0.717) is 12.2 Å². The van der Waals surface area contributed by atoms with Crippen molar-refractivity contribution in [2.24, 2.45) is 11.7 Å². The van der Waals surface area contributed by atoms with Crippen LogP contribution in [-0.2, 0) is 12.7 Å². The summed E-state index contributed by atoms with van der Waals surface area (Å²) in [5.41, 5.74) is 11.1. The van der Waals surface area contributed by atoms with Gasteiger partial charge in [-0.05, 0) is 42.9 Å². The van der Waals surface area contributed by atoms with Crippen molar-refractivity contribution in [3.8, 4) is 0 Å². The van der Waals surface area contributed by atoms with E-state index in [1.807, 2.05) is 6.92 Å². The first-order valence-corrected chi connectivity index (χ1v) is 6.94. The summed E-state index contributed by atoms with van der Waals surface area (Å²) in [6, 6.07) is 6.56. The van der Waals surface area contributed by atoms with Crippen LogP contribution in [0.1, 0.15) is 23.6 Å². The number of nitrogens with two attached hydrogens (primary N) is 1. The Morgan fingerprint density at radius 2 is 2.21 bits per heavy atom. The largest absolute Gasteiger partial charge is 0.312 e. The lowest BCUT2D eigenvalue weighted by molar-refractivity contribution is 0.0701. The molecule has 1 fully saturated rings. The predicted octanol–water partition coefficient (Wildman–Crippen LogP) is 2.00. The summed E-state index contributed by atoms with van der Waals surface area (Å²) in [7, 11) is 5.66. The maximum atomic E-state index is 6.06. The monoisotopic (exact) mass is 254 g/mol. The van der Waals surface area contributed by atoms with Crippen LogP contribution in [0.25, 0.3) is 0 Å². The average Bonchev–Trinajstić information content (AvgIpc) is 2.33. The Morgan fingerprint density at radius 1 is 1.53 bits per heavy atom. The van der Waals surface area contributed by atoms with Crippen LogP contribution < -0.4 is 5.73 Å². The Kier molecular flexibility index (Phi) is 4.48. The van der Waals surface area contributed by atoms with Crippen molar-refractivity contribution in [3.63, 3.8) is 0 Å². The molecular weight excluding hydrogens is 231 g/mol. The molecule has 3 heteroatoms. The van der Waals surface area contributed by atoms with E-state index >= 15 is 0 Å². The summed E-state index contributed by atoms with van der Waals surface area (Å²) < 4.78 is 0. The molecule has 1 aromatic rings. The average molecular weight is 254 g/mol. The van der Waals surface area contributed by atoms with Crippen molar-refractivity contribution in [1.82, 2.24) is 4.90 Å². The molecule has 0 spiro atoms. The molecule has 1 aromatic carbocycles. The Bertz CT molecular complexity index is 464. The zero-order chi connectivity index (χ0) is 14.0. The van der Waals surface area contributed by atoms with Crippen molar-refractivity contribution in [2.45, 2.75) is 32.8 Å². The number of rotatable bonds is 5. The van der Waals surface area contributed by atoms with E-state index in [9.17, 15) is 0 Å². The van der Waals surface area contributed by atoms with Crippen LogP contribution in [0.4, 0.5) is 0 Å². The van der Waals surface area contributed by atoms with E-state index in [4.69, 9.17) is 13.6 Å². The van der Waals surface area contributed by atoms with Crippen LogP contribution in [0.3, 0.4) is 0 Å². The van der Waals surface area contributed by atoms with Gasteiger partial charge in [0.2, 0.25) is 0 Å². The Hall–Kier alpha value is -1.06. The van der Waals surface area contributed by atoms with Crippen molar-refractivity contribution in [2.75, 3.05) is 13.1 Å². The van der Waals surface area contributed by atoms with Gasteiger partial charge in [0.15, 0.2) is 0 Å². The molecule has 1 heterocycles. The molecule has 1 aliphatic rings. The highest BCUT2D eigenvalue weighted by Gasteiger charge is 2.30. The molecular formula is C16H23BN2. The molecule has 1 saturated heterocycles. The second-order valence-electron chi connectivity index (χ2n) is 5.78. The van der Waals surface area contributed by atoms with Gasteiger partial charge >= 0.3 is 0 Å².